The highest BCUT2D eigenvalue weighted by Crippen LogP contribution is 2.17. The average Bonchev–Trinajstić information content (AvgIpc) is 2.35. The van der Waals surface area contributed by atoms with Gasteiger partial charge < -0.3 is 9.84 Å². The summed E-state index contributed by atoms with van der Waals surface area (Å²) in [5.41, 5.74) is 1.83. The van der Waals surface area contributed by atoms with Gasteiger partial charge in [-0.3, -0.25) is 4.98 Å². The molecule has 1 heterocycles. The number of rotatable bonds is 4. The first kappa shape index (κ1) is 11.5. The molecule has 2 aromatic rings. The fourth-order valence-electron chi connectivity index (χ4n) is 1.57. The van der Waals surface area contributed by atoms with Crippen molar-refractivity contribution >= 4 is 16.9 Å². The molecule has 0 saturated carbocycles. The molecule has 4 nitrogen and oxygen atoms in total. The van der Waals surface area contributed by atoms with Crippen molar-refractivity contribution in [2.24, 2.45) is 0 Å². The number of fused-ring (bicyclic) bond motifs is 1. The quantitative estimate of drug-likeness (QED) is 0.876. The van der Waals surface area contributed by atoms with E-state index in [4.69, 9.17) is 9.84 Å². The molecule has 0 aliphatic heterocycles. The van der Waals surface area contributed by atoms with Gasteiger partial charge in [0.2, 0.25) is 0 Å². The predicted molar refractivity (Wildman–Crippen MR) is 63.6 cm³/mol. The molecule has 1 aromatic carbocycles. The Morgan fingerprint density at radius 3 is 2.94 bits per heavy atom. The van der Waals surface area contributed by atoms with Crippen molar-refractivity contribution in [3.8, 4) is 0 Å². The molecule has 0 aliphatic carbocycles. The van der Waals surface area contributed by atoms with Gasteiger partial charge in [0.25, 0.3) is 0 Å². The van der Waals surface area contributed by atoms with Crippen LogP contribution in [0.3, 0.4) is 0 Å². The number of aromatic nitrogens is 1. The zero-order valence-corrected chi connectivity index (χ0v) is 9.46. The highest BCUT2D eigenvalue weighted by atomic mass is 16.5. The maximum atomic E-state index is 10.6. The molecule has 1 atom stereocenters. The van der Waals surface area contributed by atoms with Gasteiger partial charge in [-0.25, -0.2) is 4.79 Å². The number of ether oxygens (including phenoxy) is 1. The Morgan fingerprint density at radius 2 is 2.18 bits per heavy atom. The number of carbonyl (C=O) groups is 1. The van der Waals surface area contributed by atoms with Gasteiger partial charge in [-0.15, -0.1) is 0 Å². The minimum Gasteiger partial charge on any atom is -0.479 e. The second-order valence-corrected chi connectivity index (χ2v) is 3.78. The molecule has 0 fully saturated rings. The fraction of sp³-hybridized carbons (Fsp3) is 0.231. The third-order valence-corrected chi connectivity index (χ3v) is 2.58. The summed E-state index contributed by atoms with van der Waals surface area (Å²) in [6.45, 7) is 1.79. The molecular weight excluding hydrogens is 218 g/mol. The molecule has 88 valence electrons. The smallest absolute Gasteiger partial charge is 0.332 e. The lowest BCUT2D eigenvalue weighted by Gasteiger charge is -2.10. The first-order valence-corrected chi connectivity index (χ1v) is 5.35. The number of hydrogen-bond acceptors (Lipinski definition) is 3. The average molecular weight is 231 g/mol. The molecule has 1 aromatic heterocycles. The SMILES string of the molecule is CC(OCc1ccnc2ccccc12)C(=O)O. The zero-order valence-electron chi connectivity index (χ0n) is 9.46. The van der Waals surface area contributed by atoms with Gasteiger partial charge in [0.05, 0.1) is 12.1 Å². The number of aliphatic carboxylic acids is 1. The summed E-state index contributed by atoms with van der Waals surface area (Å²) in [6.07, 6.45) is 0.897. The van der Waals surface area contributed by atoms with E-state index in [0.29, 0.717) is 0 Å². The lowest BCUT2D eigenvalue weighted by atomic mass is 10.1. The van der Waals surface area contributed by atoms with Gasteiger partial charge in [0, 0.05) is 11.6 Å². The highest BCUT2D eigenvalue weighted by Gasteiger charge is 2.11. The molecule has 2 rings (SSSR count). The van der Waals surface area contributed by atoms with Gasteiger partial charge in [-0.05, 0) is 24.6 Å². The van der Waals surface area contributed by atoms with Crippen LogP contribution in [0.4, 0.5) is 0 Å². The Labute approximate surface area is 98.9 Å². The van der Waals surface area contributed by atoms with Crippen molar-refractivity contribution in [2.75, 3.05) is 0 Å². The van der Waals surface area contributed by atoms with E-state index in [9.17, 15) is 4.79 Å². The first-order chi connectivity index (χ1) is 8.18. The van der Waals surface area contributed by atoms with Crippen LogP contribution in [0.25, 0.3) is 10.9 Å². The van der Waals surface area contributed by atoms with Gasteiger partial charge in [-0.2, -0.15) is 0 Å². The second-order valence-electron chi connectivity index (χ2n) is 3.78. The number of benzene rings is 1. The minimum atomic E-state index is -0.955. The summed E-state index contributed by atoms with van der Waals surface area (Å²) in [7, 11) is 0. The Kier molecular flexibility index (Phi) is 3.35. The van der Waals surface area contributed by atoms with Crippen molar-refractivity contribution < 1.29 is 14.6 Å². The van der Waals surface area contributed by atoms with Gasteiger partial charge >= 0.3 is 5.97 Å². The normalized spacial score (nSPS) is 12.5. The molecule has 4 heteroatoms. The van der Waals surface area contributed by atoms with E-state index in [1.54, 1.807) is 6.20 Å². The number of para-hydroxylation sites is 1. The van der Waals surface area contributed by atoms with Crippen molar-refractivity contribution in [3.05, 3.63) is 42.1 Å². The standard InChI is InChI=1S/C13H13NO3/c1-9(13(15)16)17-8-10-6-7-14-12-5-3-2-4-11(10)12/h2-7,9H,8H2,1H3,(H,15,16). The maximum Gasteiger partial charge on any atom is 0.332 e. The van der Waals surface area contributed by atoms with E-state index in [1.807, 2.05) is 30.3 Å². The molecule has 17 heavy (non-hydrogen) atoms. The van der Waals surface area contributed by atoms with Gasteiger partial charge in [0.15, 0.2) is 6.10 Å². The number of nitrogens with zero attached hydrogens (tertiary/aromatic N) is 1. The predicted octanol–water partition coefficient (Wildman–Crippen LogP) is 2.22. The van der Waals surface area contributed by atoms with E-state index >= 15 is 0 Å². The minimum absolute atomic E-state index is 0.274. The van der Waals surface area contributed by atoms with Crippen LogP contribution in [0.2, 0.25) is 0 Å². The zero-order chi connectivity index (χ0) is 12.3. The summed E-state index contributed by atoms with van der Waals surface area (Å²) in [5.74, 6) is -0.955. The third kappa shape index (κ3) is 2.60. The van der Waals surface area contributed by atoms with Crippen LogP contribution in [-0.4, -0.2) is 22.2 Å². The molecule has 1 unspecified atom stereocenters. The number of carboxylic acid groups (broad SMARTS) is 1. The molecule has 0 amide bonds. The Bertz CT molecular complexity index is 534. The number of carboxylic acids is 1. The summed E-state index contributed by atoms with van der Waals surface area (Å²) in [4.78, 5) is 14.9. The summed E-state index contributed by atoms with van der Waals surface area (Å²) >= 11 is 0. The maximum absolute atomic E-state index is 10.6. The van der Waals surface area contributed by atoms with E-state index < -0.39 is 12.1 Å². The van der Waals surface area contributed by atoms with Crippen LogP contribution >= 0.6 is 0 Å². The molecule has 0 bridgehead atoms. The van der Waals surface area contributed by atoms with E-state index in [1.165, 1.54) is 6.92 Å². The van der Waals surface area contributed by atoms with E-state index in [-0.39, 0.29) is 6.61 Å². The van der Waals surface area contributed by atoms with Crippen LogP contribution in [0.5, 0.6) is 0 Å². The van der Waals surface area contributed by atoms with Gasteiger partial charge in [-0.1, -0.05) is 18.2 Å². The topological polar surface area (TPSA) is 59.4 Å². The van der Waals surface area contributed by atoms with Crippen LogP contribution in [-0.2, 0) is 16.1 Å². The van der Waals surface area contributed by atoms with Crippen LogP contribution in [0, 0.1) is 0 Å². The molecule has 0 spiro atoms. The van der Waals surface area contributed by atoms with Crippen molar-refractivity contribution in [1.82, 2.24) is 4.98 Å². The molecule has 0 radical (unpaired) electrons. The van der Waals surface area contributed by atoms with E-state index in [0.717, 1.165) is 16.5 Å². The molecule has 0 saturated heterocycles. The van der Waals surface area contributed by atoms with Crippen LogP contribution in [0.1, 0.15) is 12.5 Å². The van der Waals surface area contributed by atoms with Crippen molar-refractivity contribution in [2.45, 2.75) is 19.6 Å². The largest absolute Gasteiger partial charge is 0.479 e. The Balaban J connectivity index is 2.21. The Hall–Kier alpha value is -1.94. The van der Waals surface area contributed by atoms with Crippen LogP contribution < -0.4 is 0 Å². The summed E-state index contributed by atoms with van der Waals surface area (Å²) < 4.78 is 5.27. The summed E-state index contributed by atoms with van der Waals surface area (Å²) in [5, 5.41) is 9.73. The lowest BCUT2D eigenvalue weighted by molar-refractivity contribution is -0.149. The lowest BCUT2D eigenvalue weighted by Crippen LogP contribution is -2.19. The first-order valence-electron chi connectivity index (χ1n) is 5.35. The number of hydrogen-bond donors (Lipinski definition) is 1. The molecule has 0 aliphatic rings. The highest BCUT2D eigenvalue weighted by molar-refractivity contribution is 5.81. The summed E-state index contributed by atoms with van der Waals surface area (Å²) in [6, 6.07) is 9.55. The monoisotopic (exact) mass is 231 g/mol. The molecule has 1 N–H and O–H groups in total. The number of pyridine rings is 1. The second kappa shape index (κ2) is 4.93. The molecular formula is C13H13NO3. The van der Waals surface area contributed by atoms with E-state index in [2.05, 4.69) is 4.98 Å². The fourth-order valence-corrected chi connectivity index (χ4v) is 1.57. The Morgan fingerprint density at radius 1 is 1.41 bits per heavy atom. The third-order valence-electron chi connectivity index (χ3n) is 2.58. The van der Waals surface area contributed by atoms with Gasteiger partial charge in [0.1, 0.15) is 0 Å². The van der Waals surface area contributed by atoms with Crippen molar-refractivity contribution in [1.29, 1.82) is 0 Å². The van der Waals surface area contributed by atoms with Crippen LogP contribution in [0.15, 0.2) is 36.5 Å². The van der Waals surface area contributed by atoms with Crippen molar-refractivity contribution in [3.63, 3.8) is 0 Å².